The molecule has 1 aliphatic heterocycles. The summed E-state index contributed by atoms with van der Waals surface area (Å²) >= 11 is 5.72. The van der Waals surface area contributed by atoms with Gasteiger partial charge in [-0.15, -0.1) is 0 Å². The molecule has 22 heavy (non-hydrogen) atoms. The largest absolute Gasteiger partial charge is 0.444 e. The van der Waals surface area contributed by atoms with Crippen molar-refractivity contribution in [3.8, 4) is 0 Å². The third-order valence-electron chi connectivity index (χ3n) is 3.18. The van der Waals surface area contributed by atoms with Gasteiger partial charge in [-0.25, -0.2) is 14.8 Å². The zero-order valence-electron chi connectivity index (χ0n) is 12.9. The lowest BCUT2D eigenvalue weighted by Gasteiger charge is -2.28. The fraction of sp³-hybridized carbons (Fsp3) is 0.643. The number of aromatic nitrogens is 2. The highest BCUT2D eigenvalue weighted by atomic mass is 35.5. The standard InChI is InChI=1S/C14H20ClN3O3S/c1-14(2,3)21-13(19)18-8-4-5-10(18)9-22(20)11-6-7-16-12(15)17-11/h6-7,10H,4-5,8-9H2,1-3H3. The molecule has 1 aromatic rings. The summed E-state index contributed by atoms with van der Waals surface area (Å²) in [5.74, 6) is 0.326. The third-order valence-corrected chi connectivity index (χ3v) is 4.75. The highest BCUT2D eigenvalue weighted by Crippen LogP contribution is 2.22. The van der Waals surface area contributed by atoms with Gasteiger partial charge in [0.25, 0.3) is 0 Å². The molecule has 0 aliphatic carbocycles. The Kier molecular flexibility index (Phi) is 5.39. The lowest BCUT2D eigenvalue weighted by molar-refractivity contribution is 0.0241. The van der Waals surface area contributed by atoms with Gasteiger partial charge in [-0.1, -0.05) is 0 Å². The van der Waals surface area contributed by atoms with Gasteiger partial charge in [-0.2, -0.15) is 0 Å². The number of halogens is 1. The van der Waals surface area contributed by atoms with Crippen molar-refractivity contribution in [1.29, 1.82) is 0 Å². The van der Waals surface area contributed by atoms with E-state index in [0.29, 0.717) is 17.3 Å². The van der Waals surface area contributed by atoms with Crippen molar-refractivity contribution in [2.45, 2.75) is 50.3 Å². The summed E-state index contributed by atoms with van der Waals surface area (Å²) in [5.41, 5.74) is -0.538. The molecule has 0 aromatic carbocycles. The summed E-state index contributed by atoms with van der Waals surface area (Å²) in [6.45, 7) is 6.12. The van der Waals surface area contributed by atoms with Gasteiger partial charge in [-0.3, -0.25) is 4.21 Å². The minimum atomic E-state index is -1.33. The zero-order chi connectivity index (χ0) is 16.3. The van der Waals surface area contributed by atoms with Crippen molar-refractivity contribution in [3.63, 3.8) is 0 Å². The normalized spacial score (nSPS) is 20.0. The lowest BCUT2D eigenvalue weighted by Crippen LogP contribution is -2.42. The van der Waals surface area contributed by atoms with Crippen molar-refractivity contribution in [3.05, 3.63) is 17.5 Å². The van der Waals surface area contributed by atoms with Crippen LogP contribution in [0.2, 0.25) is 5.28 Å². The van der Waals surface area contributed by atoms with Gasteiger partial charge in [0.15, 0.2) is 0 Å². The minimum absolute atomic E-state index is 0.0706. The highest BCUT2D eigenvalue weighted by molar-refractivity contribution is 7.85. The van der Waals surface area contributed by atoms with Gasteiger partial charge in [0.1, 0.15) is 10.6 Å². The number of hydrogen-bond acceptors (Lipinski definition) is 5. The maximum Gasteiger partial charge on any atom is 0.410 e. The van der Waals surface area contributed by atoms with Crippen LogP contribution in [0.5, 0.6) is 0 Å². The monoisotopic (exact) mass is 345 g/mol. The van der Waals surface area contributed by atoms with E-state index in [1.54, 1.807) is 11.0 Å². The molecule has 2 unspecified atom stereocenters. The summed E-state index contributed by atoms with van der Waals surface area (Å²) in [7, 11) is -1.33. The molecule has 1 aromatic heterocycles. The second-order valence-corrected chi connectivity index (χ2v) is 7.93. The molecular weight excluding hydrogens is 326 g/mol. The number of carbonyl (C=O) groups excluding carboxylic acids is 1. The van der Waals surface area contributed by atoms with Crippen molar-refractivity contribution < 1.29 is 13.7 Å². The molecule has 1 aliphatic rings. The van der Waals surface area contributed by atoms with E-state index >= 15 is 0 Å². The van der Waals surface area contributed by atoms with Crippen LogP contribution in [0.15, 0.2) is 17.3 Å². The topological polar surface area (TPSA) is 72.4 Å². The second kappa shape index (κ2) is 6.91. The van der Waals surface area contributed by atoms with Gasteiger partial charge in [0.2, 0.25) is 5.28 Å². The molecule has 0 spiro atoms. The van der Waals surface area contributed by atoms with Crippen LogP contribution >= 0.6 is 11.6 Å². The van der Waals surface area contributed by atoms with Crippen LogP contribution in [0.4, 0.5) is 4.79 Å². The SMILES string of the molecule is CC(C)(C)OC(=O)N1CCCC1CS(=O)c1ccnc(Cl)n1. The Morgan fingerprint density at radius 1 is 1.55 bits per heavy atom. The molecule has 0 bridgehead atoms. The van der Waals surface area contributed by atoms with Crippen molar-refractivity contribution in [2.75, 3.05) is 12.3 Å². The first kappa shape index (κ1) is 17.1. The first-order valence-corrected chi connectivity index (χ1v) is 8.82. The van der Waals surface area contributed by atoms with Crippen LogP contribution in [0.1, 0.15) is 33.6 Å². The maximum absolute atomic E-state index is 12.4. The van der Waals surface area contributed by atoms with Crippen LogP contribution < -0.4 is 0 Å². The van der Waals surface area contributed by atoms with E-state index in [1.165, 1.54) is 6.20 Å². The zero-order valence-corrected chi connectivity index (χ0v) is 14.5. The number of rotatable bonds is 3. The first-order valence-electron chi connectivity index (χ1n) is 7.13. The number of carbonyl (C=O) groups is 1. The number of nitrogens with zero attached hydrogens (tertiary/aromatic N) is 3. The fourth-order valence-corrected chi connectivity index (χ4v) is 3.74. The Hall–Kier alpha value is -1.21. The molecule has 122 valence electrons. The van der Waals surface area contributed by atoms with Gasteiger partial charge in [-0.05, 0) is 51.3 Å². The molecule has 2 rings (SSSR count). The van der Waals surface area contributed by atoms with E-state index in [2.05, 4.69) is 9.97 Å². The van der Waals surface area contributed by atoms with E-state index in [4.69, 9.17) is 16.3 Å². The predicted molar refractivity (Wildman–Crippen MR) is 84.3 cm³/mol. The molecule has 8 heteroatoms. The first-order chi connectivity index (χ1) is 10.3. The van der Waals surface area contributed by atoms with E-state index < -0.39 is 16.4 Å². The maximum atomic E-state index is 12.4. The average Bonchev–Trinajstić information content (AvgIpc) is 2.85. The molecule has 6 nitrogen and oxygen atoms in total. The summed E-state index contributed by atoms with van der Waals surface area (Å²) in [6.07, 6.45) is 2.81. The summed E-state index contributed by atoms with van der Waals surface area (Å²) in [4.78, 5) is 21.6. The molecule has 1 saturated heterocycles. The summed E-state index contributed by atoms with van der Waals surface area (Å²) < 4.78 is 17.8. The summed E-state index contributed by atoms with van der Waals surface area (Å²) in [5, 5.41) is 0.456. The number of likely N-dealkylation sites (tertiary alicyclic amines) is 1. The molecule has 2 atom stereocenters. The van der Waals surface area contributed by atoms with Gasteiger partial charge < -0.3 is 9.64 Å². The molecule has 1 fully saturated rings. The van der Waals surface area contributed by atoms with Crippen LogP contribution in [-0.2, 0) is 15.5 Å². The Morgan fingerprint density at radius 3 is 2.91 bits per heavy atom. The van der Waals surface area contributed by atoms with Gasteiger partial charge in [0.05, 0.1) is 16.6 Å². The Labute approximate surface area is 137 Å². The molecule has 0 radical (unpaired) electrons. The number of ether oxygens (including phenoxy) is 1. The Bertz CT molecular complexity index is 577. The fourth-order valence-electron chi connectivity index (χ4n) is 2.28. The molecule has 1 amide bonds. The van der Waals surface area contributed by atoms with Crippen molar-refractivity contribution in [2.24, 2.45) is 0 Å². The van der Waals surface area contributed by atoms with E-state index in [0.717, 1.165) is 12.8 Å². The average molecular weight is 346 g/mol. The van der Waals surface area contributed by atoms with E-state index in [-0.39, 0.29) is 17.4 Å². The van der Waals surface area contributed by atoms with E-state index in [1.807, 2.05) is 20.8 Å². The van der Waals surface area contributed by atoms with Crippen LogP contribution in [-0.4, -0.2) is 49.1 Å². The smallest absolute Gasteiger partial charge is 0.410 e. The Morgan fingerprint density at radius 2 is 2.27 bits per heavy atom. The van der Waals surface area contributed by atoms with E-state index in [9.17, 15) is 9.00 Å². The molecule has 0 saturated carbocycles. The van der Waals surface area contributed by atoms with Gasteiger partial charge in [0, 0.05) is 18.8 Å². The predicted octanol–water partition coefficient (Wildman–Crippen LogP) is 2.64. The van der Waals surface area contributed by atoms with Crippen LogP contribution in [0, 0.1) is 0 Å². The minimum Gasteiger partial charge on any atom is -0.444 e. The number of hydrogen-bond donors (Lipinski definition) is 0. The lowest BCUT2D eigenvalue weighted by atomic mass is 10.2. The number of amides is 1. The molecular formula is C14H20ClN3O3S. The third kappa shape index (κ3) is 4.64. The van der Waals surface area contributed by atoms with Crippen LogP contribution in [0.25, 0.3) is 0 Å². The summed E-state index contributed by atoms with van der Waals surface area (Å²) in [6, 6.07) is 1.47. The van der Waals surface area contributed by atoms with Crippen LogP contribution in [0.3, 0.4) is 0 Å². The quantitative estimate of drug-likeness (QED) is 0.622. The van der Waals surface area contributed by atoms with Crippen molar-refractivity contribution >= 4 is 28.5 Å². The van der Waals surface area contributed by atoms with Crippen molar-refractivity contribution in [1.82, 2.24) is 14.9 Å². The second-order valence-electron chi connectivity index (χ2n) is 6.15. The van der Waals surface area contributed by atoms with Gasteiger partial charge >= 0.3 is 6.09 Å². The highest BCUT2D eigenvalue weighted by Gasteiger charge is 2.33. The Balaban J connectivity index is 2.02. The molecule has 0 N–H and O–H groups in total. The molecule has 2 heterocycles.